The predicted molar refractivity (Wildman–Crippen MR) is 136 cm³/mol. The van der Waals surface area contributed by atoms with Crippen LogP contribution in [-0.2, 0) is 9.47 Å². The maximum atomic E-state index is 12.8. The summed E-state index contributed by atoms with van der Waals surface area (Å²) >= 11 is 0. The summed E-state index contributed by atoms with van der Waals surface area (Å²) in [6.45, 7) is 12.7. The predicted octanol–water partition coefficient (Wildman–Crippen LogP) is 5.01. The van der Waals surface area contributed by atoms with Crippen LogP contribution in [0.15, 0.2) is 47.1 Å². The number of aliphatic imine (C=N–C) groups is 1. The van der Waals surface area contributed by atoms with Gasteiger partial charge in [0, 0.05) is 25.7 Å². The summed E-state index contributed by atoms with van der Waals surface area (Å²) in [5, 5.41) is 13.9. The van der Waals surface area contributed by atoms with Crippen molar-refractivity contribution in [1.29, 1.82) is 5.41 Å². The zero-order valence-corrected chi connectivity index (χ0v) is 21.6. The van der Waals surface area contributed by atoms with Crippen LogP contribution in [0.4, 0.5) is 15.3 Å². The van der Waals surface area contributed by atoms with Crippen molar-refractivity contribution in [3.8, 4) is 0 Å². The number of hydrogen-bond donors (Lipinski definition) is 3. The van der Waals surface area contributed by atoms with Crippen LogP contribution in [0.3, 0.4) is 0 Å². The van der Waals surface area contributed by atoms with Gasteiger partial charge in [-0.05, 0) is 66.7 Å². The second kappa shape index (κ2) is 12.8. The molecule has 1 aromatic carbocycles. The van der Waals surface area contributed by atoms with E-state index in [0.717, 1.165) is 5.70 Å². The van der Waals surface area contributed by atoms with E-state index < -0.39 is 23.4 Å². The molecule has 0 bridgehead atoms. The number of ether oxygens (including phenoxy) is 2. The van der Waals surface area contributed by atoms with E-state index in [2.05, 4.69) is 15.6 Å². The molecule has 0 aliphatic rings. The molecule has 188 valence electrons. The number of alkyl carbamates (subject to hydrolysis) is 1. The molecule has 0 radical (unpaired) electrons. The Morgan fingerprint density at radius 2 is 1.65 bits per heavy atom. The first-order valence-corrected chi connectivity index (χ1v) is 11.2. The average molecular weight is 474 g/mol. The van der Waals surface area contributed by atoms with Crippen LogP contribution in [0, 0.1) is 5.41 Å². The van der Waals surface area contributed by atoms with E-state index in [0.29, 0.717) is 11.5 Å². The molecule has 0 aromatic heterocycles. The molecule has 0 fully saturated rings. The Bertz CT molecular complexity index is 896. The molecular weight excluding hydrogens is 434 g/mol. The highest BCUT2D eigenvalue weighted by Gasteiger charge is 2.24. The Morgan fingerprint density at radius 1 is 1.06 bits per heavy atom. The van der Waals surface area contributed by atoms with Crippen LogP contribution in [-0.4, -0.2) is 60.0 Å². The largest absolute Gasteiger partial charge is 0.444 e. The summed E-state index contributed by atoms with van der Waals surface area (Å²) in [4.78, 5) is 31.2. The molecule has 1 aromatic rings. The average Bonchev–Trinajstić information content (AvgIpc) is 2.68. The molecule has 0 aliphatic heterocycles. The van der Waals surface area contributed by atoms with Crippen LogP contribution < -0.4 is 10.6 Å². The molecule has 0 unspecified atom stereocenters. The van der Waals surface area contributed by atoms with Gasteiger partial charge in [0.1, 0.15) is 17.0 Å². The highest BCUT2D eigenvalue weighted by molar-refractivity contribution is 5.98. The van der Waals surface area contributed by atoms with Crippen molar-refractivity contribution in [2.24, 2.45) is 4.99 Å². The summed E-state index contributed by atoms with van der Waals surface area (Å²) in [6, 6.07) is 9.17. The van der Waals surface area contributed by atoms with Crippen molar-refractivity contribution in [3.63, 3.8) is 0 Å². The van der Waals surface area contributed by atoms with Gasteiger partial charge in [-0.3, -0.25) is 5.32 Å². The second-order valence-electron chi connectivity index (χ2n) is 9.78. The van der Waals surface area contributed by atoms with Crippen LogP contribution in [0.2, 0.25) is 0 Å². The lowest BCUT2D eigenvalue weighted by atomic mass is 10.2. The quantitative estimate of drug-likeness (QED) is 0.362. The van der Waals surface area contributed by atoms with Gasteiger partial charge in [0.25, 0.3) is 0 Å². The van der Waals surface area contributed by atoms with Gasteiger partial charge in [0.05, 0.1) is 17.9 Å². The number of carbonyl (C=O) groups excluding carboxylic acids is 2. The Kier molecular flexibility index (Phi) is 10.8. The van der Waals surface area contributed by atoms with Gasteiger partial charge in [0.2, 0.25) is 0 Å². The van der Waals surface area contributed by atoms with Crippen molar-refractivity contribution in [2.75, 3.05) is 20.1 Å². The third-order valence-corrected chi connectivity index (χ3v) is 4.08. The van der Waals surface area contributed by atoms with Gasteiger partial charge in [-0.25, -0.2) is 14.6 Å². The van der Waals surface area contributed by atoms with E-state index in [-0.39, 0.29) is 25.2 Å². The second-order valence-corrected chi connectivity index (χ2v) is 9.78. The van der Waals surface area contributed by atoms with Gasteiger partial charge < -0.3 is 25.1 Å². The lowest BCUT2D eigenvalue weighted by molar-refractivity contribution is 0.0283. The molecule has 0 spiro atoms. The zero-order chi connectivity index (χ0) is 25.9. The lowest BCUT2D eigenvalue weighted by Gasteiger charge is -2.27. The Morgan fingerprint density at radius 3 is 2.18 bits per heavy atom. The van der Waals surface area contributed by atoms with Gasteiger partial charge in [0.15, 0.2) is 0 Å². The van der Waals surface area contributed by atoms with Crippen LogP contribution >= 0.6 is 0 Å². The summed E-state index contributed by atoms with van der Waals surface area (Å²) in [5.41, 5.74) is 0.324. The van der Waals surface area contributed by atoms with Crippen LogP contribution in [0.25, 0.3) is 0 Å². The number of amidine groups is 1. The monoisotopic (exact) mass is 473 g/mol. The fourth-order valence-electron chi connectivity index (χ4n) is 2.61. The Balaban J connectivity index is 3.11. The van der Waals surface area contributed by atoms with Gasteiger partial charge >= 0.3 is 12.2 Å². The number of allylic oxidation sites excluding steroid dienone is 1. The molecule has 0 heterocycles. The minimum absolute atomic E-state index is 0.0407. The van der Waals surface area contributed by atoms with Crippen molar-refractivity contribution in [1.82, 2.24) is 15.5 Å². The first kappa shape index (κ1) is 28.7. The molecule has 0 atom stereocenters. The number of carbonyl (C=O) groups is 2. The minimum Gasteiger partial charge on any atom is -0.444 e. The molecule has 9 heteroatoms. The van der Waals surface area contributed by atoms with Crippen molar-refractivity contribution in [3.05, 3.63) is 42.1 Å². The fraction of sp³-hybridized carbons (Fsp3) is 0.520. The molecule has 2 amide bonds. The standard InChI is InChI=1S/C25H39N5O4/c1-18(27-8)16-19(26)17-30(23(32)34-25(5,6)7)15-14-21(28-20-12-10-9-11-13-20)29-22(31)33-24(2,3)4/h9-13,16,26-27H,14-15,17H2,1-8H3,(H,28,29,31)/b18-16-,26-19?. The maximum Gasteiger partial charge on any atom is 0.413 e. The number of rotatable bonds is 8. The number of para-hydroxylation sites is 1. The van der Waals surface area contributed by atoms with Gasteiger partial charge in [-0.1, -0.05) is 18.2 Å². The van der Waals surface area contributed by atoms with Crippen LogP contribution in [0.1, 0.15) is 54.9 Å². The fourth-order valence-corrected chi connectivity index (χ4v) is 2.61. The van der Waals surface area contributed by atoms with Gasteiger partial charge in [-0.15, -0.1) is 0 Å². The first-order chi connectivity index (χ1) is 15.7. The van der Waals surface area contributed by atoms with E-state index in [9.17, 15) is 9.59 Å². The molecule has 3 N–H and O–H groups in total. The number of hydrogen-bond acceptors (Lipinski definition) is 7. The van der Waals surface area contributed by atoms with E-state index in [1.54, 1.807) is 54.7 Å². The Hall–Kier alpha value is -3.36. The zero-order valence-electron chi connectivity index (χ0n) is 21.6. The minimum atomic E-state index is -0.690. The molecule has 9 nitrogen and oxygen atoms in total. The van der Waals surface area contributed by atoms with Gasteiger partial charge in [-0.2, -0.15) is 0 Å². The van der Waals surface area contributed by atoms with Crippen molar-refractivity contribution < 1.29 is 19.1 Å². The third-order valence-electron chi connectivity index (χ3n) is 4.08. The van der Waals surface area contributed by atoms with E-state index in [1.807, 2.05) is 37.3 Å². The number of benzene rings is 1. The summed E-state index contributed by atoms with van der Waals surface area (Å²) in [6.07, 6.45) is 0.681. The first-order valence-electron chi connectivity index (χ1n) is 11.2. The summed E-state index contributed by atoms with van der Waals surface area (Å²) in [7, 11) is 1.76. The maximum absolute atomic E-state index is 12.8. The summed E-state index contributed by atoms with van der Waals surface area (Å²) < 4.78 is 10.9. The highest BCUT2D eigenvalue weighted by atomic mass is 16.6. The molecule has 0 aliphatic carbocycles. The smallest absolute Gasteiger partial charge is 0.413 e. The van der Waals surface area contributed by atoms with E-state index in [4.69, 9.17) is 14.9 Å². The molecule has 0 saturated carbocycles. The number of amides is 2. The molecule has 0 saturated heterocycles. The normalized spacial score (nSPS) is 12.6. The molecule has 34 heavy (non-hydrogen) atoms. The lowest BCUT2D eigenvalue weighted by Crippen LogP contribution is -2.42. The highest BCUT2D eigenvalue weighted by Crippen LogP contribution is 2.14. The molecular formula is C25H39N5O4. The SMILES string of the molecule is CN/C(C)=C\C(=N)CN(CC/C(=N/c1ccccc1)NC(=O)OC(C)(C)C)C(=O)OC(C)(C)C. The topological polar surface area (TPSA) is 116 Å². The third kappa shape index (κ3) is 12.6. The number of nitrogens with zero attached hydrogens (tertiary/aromatic N) is 2. The Labute approximate surface area is 203 Å². The molecule has 1 rings (SSSR count). The summed E-state index contributed by atoms with van der Waals surface area (Å²) in [5.74, 6) is 0.336. The van der Waals surface area contributed by atoms with E-state index in [1.165, 1.54) is 4.90 Å². The van der Waals surface area contributed by atoms with Crippen LogP contribution in [0.5, 0.6) is 0 Å². The van der Waals surface area contributed by atoms with Crippen molar-refractivity contribution in [2.45, 2.75) is 66.1 Å². The number of nitrogens with one attached hydrogen (secondary N) is 3. The van der Waals surface area contributed by atoms with Crippen molar-refractivity contribution >= 4 is 29.4 Å². The van der Waals surface area contributed by atoms with E-state index >= 15 is 0 Å².